The van der Waals surface area contributed by atoms with Gasteiger partial charge in [0, 0.05) is 30.6 Å². The molecule has 0 saturated heterocycles. The van der Waals surface area contributed by atoms with E-state index in [1.165, 1.54) is 11.3 Å². The number of fused-ring (bicyclic) bond motifs is 1. The van der Waals surface area contributed by atoms with Gasteiger partial charge in [-0.25, -0.2) is 0 Å². The number of hydrogen-bond donors (Lipinski definition) is 2. The highest BCUT2D eigenvalue weighted by molar-refractivity contribution is 5.78. The molecule has 0 aromatic heterocycles. The first kappa shape index (κ1) is 13.9. The van der Waals surface area contributed by atoms with Gasteiger partial charge in [0.15, 0.2) is 0 Å². The summed E-state index contributed by atoms with van der Waals surface area (Å²) in [6.07, 6.45) is 1.00. The molecule has 2 atom stereocenters. The zero-order valence-corrected chi connectivity index (χ0v) is 12.1. The number of anilines is 1. The molecule has 1 amide bonds. The molecule has 0 spiro atoms. The molecular weight excluding hydrogens is 236 g/mol. The summed E-state index contributed by atoms with van der Waals surface area (Å²) in [5, 5.41) is 6.47. The molecule has 2 unspecified atom stereocenters. The highest BCUT2D eigenvalue weighted by Crippen LogP contribution is 2.32. The fourth-order valence-electron chi connectivity index (χ4n) is 2.45. The van der Waals surface area contributed by atoms with Crippen molar-refractivity contribution >= 4 is 11.6 Å². The fraction of sp³-hybridized carbons (Fsp3) is 0.562. The average Bonchev–Trinajstić information content (AvgIpc) is 2.81. The maximum Gasteiger partial charge on any atom is 0.223 e. The molecule has 0 saturated carbocycles. The van der Waals surface area contributed by atoms with Gasteiger partial charge in [-0.1, -0.05) is 39.0 Å². The third-order valence-electron chi connectivity index (χ3n) is 4.15. The van der Waals surface area contributed by atoms with Gasteiger partial charge in [0.1, 0.15) is 0 Å². The minimum atomic E-state index is 0.0917. The van der Waals surface area contributed by atoms with E-state index in [9.17, 15) is 4.79 Å². The van der Waals surface area contributed by atoms with E-state index in [0.29, 0.717) is 11.8 Å². The van der Waals surface area contributed by atoms with Crippen LogP contribution in [0.1, 0.15) is 38.7 Å². The van der Waals surface area contributed by atoms with Crippen LogP contribution in [0.3, 0.4) is 0 Å². The summed E-state index contributed by atoms with van der Waals surface area (Å²) in [4.78, 5) is 11.9. The molecule has 3 nitrogen and oxygen atoms in total. The van der Waals surface area contributed by atoms with Crippen LogP contribution in [0.2, 0.25) is 0 Å². The second kappa shape index (κ2) is 6.09. The molecular formula is C16H24N2O. The molecule has 0 radical (unpaired) electrons. The van der Waals surface area contributed by atoms with Gasteiger partial charge in [-0.15, -0.1) is 0 Å². The van der Waals surface area contributed by atoms with E-state index in [2.05, 4.69) is 48.7 Å². The fourth-order valence-corrected chi connectivity index (χ4v) is 2.45. The number of hydrogen-bond acceptors (Lipinski definition) is 2. The van der Waals surface area contributed by atoms with Gasteiger partial charge < -0.3 is 10.6 Å². The van der Waals surface area contributed by atoms with Crippen LogP contribution in [0.25, 0.3) is 0 Å². The number of para-hydroxylation sites is 1. The van der Waals surface area contributed by atoms with Crippen molar-refractivity contribution in [3.8, 4) is 0 Å². The Morgan fingerprint density at radius 1 is 1.37 bits per heavy atom. The van der Waals surface area contributed by atoms with Crippen LogP contribution >= 0.6 is 0 Å². The van der Waals surface area contributed by atoms with Gasteiger partial charge in [0.05, 0.1) is 0 Å². The van der Waals surface area contributed by atoms with Crippen LogP contribution in [0.4, 0.5) is 5.69 Å². The highest BCUT2D eigenvalue weighted by atomic mass is 16.1. The first-order valence-corrected chi connectivity index (χ1v) is 7.20. The monoisotopic (exact) mass is 260 g/mol. The van der Waals surface area contributed by atoms with Crippen LogP contribution in [0, 0.1) is 11.8 Å². The van der Waals surface area contributed by atoms with Crippen molar-refractivity contribution in [2.24, 2.45) is 11.8 Å². The van der Waals surface area contributed by atoms with E-state index >= 15 is 0 Å². The molecule has 104 valence electrons. The predicted molar refractivity (Wildman–Crippen MR) is 79.3 cm³/mol. The van der Waals surface area contributed by atoms with Gasteiger partial charge in [0.2, 0.25) is 5.91 Å². The van der Waals surface area contributed by atoms with Crippen LogP contribution in [-0.4, -0.2) is 19.0 Å². The molecule has 1 aliphatic rings. The van der Waals surface area contributed by atoms with Crippen LogP contribution < -0.4 is 10.6 Å². The number of benzene rings is 1. The van der Waals surface area contributed by atoms with Crippen molar-refractivity contribution in [2.75, 3.05) is 18.4 Å². The maximum atomic E-state index is 11.9. The standard InChI is InChI=1S/C16H24N2O/c1-11(2)12(3)16(19)17-9-8-13-10-18-15-7-5-4-6-14(13)15/h4-7,11-13,18H,8-10H2,1-3H3,(H,17,19). The van der Waals surface area contributed by atoms with Crippen LogP contribution in [0.5, 0.6) is 0 Å². The van der Waals surface area contributed by atoms with Crippen molar-refractivity contribution in [1.82, 2.24) is 5.32 Å². The van der Waals surface area contributed by atoms with Gasteiger partial charge in [0.25, 0.3) is 0 Å². The molecule has 1 aromatic rings. The molecule has 0 aliphatic carbocycles. The van der Waals surface area contributed by atoms with E-state index in [1.54, 1.807) is 0 Å². The van der Waals surface area contributed by atoms with E-state index in [-0.39, 0.29) is 11.8 Å². The van der Waals surface area contributed by atoms with Gasteiger partial charge in [-0.3, -0.25) is 4.79 Å². The van der Waals surface area contributed by atoms with E-state index in [1.807, 2.05) is 6.92 Å². The number of amides is 1. The first-order valence-electron chi connectivity index (χ1n) is 7.20. The molecule has 19 heavy (non-hydrogen) atoms. The Labute approximate surface area is 115 Å². The molecule has 0 bridgehead atoms. The number of nitrogens with one attached hydrogen (secondary N) is 2. The Kier molecular flexibility index (Phi) is 4.46. The summed E-state index contributed by atoms with van der Waals surface area (Å²) in [5.41, 5.74) is 2.63. The largest absolute Gasteiger partial charge is 0.384 e. The van der Waals surface area contributed by atoms with E-state index < -0.39 is 0 Å². The number of carbonyl (C=O) groups is 1. The normalized spacial score (nSPS) is 18.8. The summed E-state index contributed by atoms with van der Waals surface area (Å²) in [7, 11) is 0. The molecule has 0 fully saturated rings. The van der Waals surface area contributed by atoms with Gasteiger partial charge in [-0.2, -0.15) is 0 Å². The molecule has 1 heterocycles. The Morgan fingerprint density at radius 2 is 2.11 bits per heavy atom. The molecule has 2 N–H and O–H groups in total. The third kappa shape index (κ3) is 3.28. The van der Waals surface area contributed by atoms with Crippen LogP contribution in [-0.2, 0) is 4.79 Å². The molecule has 1 aliphatic heterocycles. The Hall–Kier alpha value is -1.51. The van der Waals surface area contributed by atoms with Gasteiger partial charge in [-0.05, 0) is 24.0 Å². The topological polar surface area (TPSA) is 41.1 Å². The Bertz CT molecular complexity index is 442. The second-order valence-electron chi connectivity index (χ2n) is 5.78. The summed E-state index contributed by atoms with van der Waals surface area (Å²) < 4.78 is 0. The Morgan fingerprint density at radius 3 is 2.84 bits per heavy atom. The number of carbonyl (C=O) groups excluding carboxylic acids is 1. The molecule has 1 aromatic carbocycles. The second-order valence-corrected chi connectivity index (χ2v) is 5.78. The lowest BCUT2D eigenvalue weighted by Crippen LogP contribution is -2.33. The van der Waals surface area contributed by atoms with Crippen molar-refractivity contribution in [3.05, 3.63) is 29.8 Å². The van der Waals surface area contributed by atoms with Crippen molar-refractivity contribution in [2.45, 2.75) is 33.1 Å². The van der Waals surface area contributed by atoms with Crippen molar-refractivity contribution in [3.63, 3.8) is 0 Å². The lowest BCUT2D eigenvalue weighted by Gasteiger charge is -2.16. The van der Waals surface area contributed by atoms with Crippen molar-refractivity contribution < 1.29 is 4.79 Å². The smallest absolute Gasteiger partial charge is 0.223 e. The molecule has 2 rings (SSSR count). The average molecular weight is 260 g/mol. The lowest BCUT2D eigenvalue weighted by atomic mass is 9.96. The lowest BCUT2D eigenvalue weighted by molar-refractivity contribution is -0.125. The van der Waals surface area contributed by atoms with Crippen LogP contribution in [0.15, 0.2) is 24.3 Å². The SMILES string of the molecule is CC(C)C(C)C(=O)NCCC1CNc2ccccc21. The zero-order valence-electron chi connectivity index (χ0n) is 12.1. The summed E-state index contributed by atoms with van der Waals surface area (Å²) in [6.45, 7) is 7.90. The summed E-state index contributed by atoms with van der Waals surface area (Å²) in [5.74, 6) is 1.18. The number of rotatable bonds is 5. The quantitative estimate of drug-likeness (QED) is 0.854. The minimum absolute atomic E-state index is 0.0917. The predicted octanol–water partition coefficient (Wildman–Crippen LogP) is 2.99. The minimum Gasteiger partial charge on any atom is -0.384 e. The summed E-state index contributed by atoms with van der Waals surface area (Å²) in [6, 6.07) is 8.44. The summed E-state index contributed by atoms with van der Waals surface area (Å²) >= 11 is 0. The molecule has 3 heteroatoms. The zero-order chi connectivity index (χ0) is 13.8. The Balaban J connectivity index is 1.80. The van der Waals surface area contributed by atoms with E-state index in [0.717, 1.165) is 19.5 Å². The van der Waals surface area contributed by atoms with Crippen molar-refractivity contribution in [1.29, 1.82) is 0 Å². The van der Waals surface area contributed by atoms with E-state index in [4.69, 9.17) is 0 Å². The first-order chi connectivity index (χ1) is 9.09. The van der Waals surface area contributed by atoms with Gasteiger partial charge >= 0.3 is 0 Å². The third-order valence-corrected chi connectivity index (χ3v) is 4.15. The highest BCUT2D eigenvalue weighted by Gasteiger charge is 2.22. The maximum absolute atomic E-state index is 11.9.